The van der Waals surface area contributed by atoms with Crippen LogP contribution in [0.4, 0.5) is 10.1 Å². The molecular formula is C15H12FNO2. The van der Waals surface area contributed by atoms with E-state index in [1.54, 1.807) is 0 Å². The van der Waals surface area contributed by atoms with Gasteiger partial charge >= 0.3 is 0 Å². The van der Waals surface area contributed by atoms with Crippen LogP contribution in [-0.4, -0.2) is 0 Å². The fraction of sp³-hybridized carbons (Fsp3) is 0. The summed E-state index contributed by atoms with van der Waals surface area (Å²) in [5, 5.41) is 0. The van der Waals surface area contributed by atoms with Gasteiger partial charge in [0.1, 0.15) is 17.8 Å². The van der Waals surface area contributed by atoms with Gasteiger partial charge in [0.2, 0.25) is 5.43 Å². The Labute approximate surface area is 109 Å². The van der Waals surface area contributed by atoms with Crippen molar-refractivity contribution in [1.82, 2.24) is 0 Å². The van der Waals surface area contributed by atoms with Crippen LogP contribution >= 0.6 is 0 Å². The molecule has 0 saturated heterocycles. The number of nitrogen functional groups attached to an aromatic ring is 1. The molecule has 3 nitrogen and oxygen atoms in total. The first kappa shape index (κ1) is 12.8. The summed E-state index contributed by atoms with van der Waals surface area (Å²) in [4.78, 5) is 12.2. The highest BCUT2D eigenvalue weighted by molar-refractivity contribution is 5.70. The summed E-state index contributed by atoms with van der Waals surface area (Å²) in [6.45, 7) is 7.09. The van der Waals surface area contributed by atoms with Crippen molar-refractivity contribution in [2.75, 3.05) is 5.73 Å². The predicted molar refractivity (Wildman–Crippen MR) is 75.0 cm³/mol. The molecule has 0 spiro atoms. The zero-order valence-corrected chi connectivity index (χ0v) is 10.2. The molecule has 2 N–H and O–H groups in total. The zero-order chi connectivity index (χ0) is 14.0. The van der Waals surface area contributed by atoms with Crippen molar-refractivity contribution in [3.63, 3.8) is 0 Å². The number of rotatable bonds is 3. The van der Waals surface area contributed by atoms with Crippen LogP contribution < -0.4 is 11.2 Å². The summed E-state index contributed by atoms with van der Waals surface area (Å²) in [6.07, 6.45) is 3.98. The fourth-order valence-corrected chi connectivity index (χ4v) is 1.78. The van der Waals surface area contributed by atoms with Crippen LogP contribution in [0, 0.1) is 5.82 Å². The third-order valence-corrected chi connectivity index (χ3v) is 2.73. The van der Waals surface area contributed by atoms with E-state index < -0.39 is 5.82 Å². The highest BCUT2D eigenvalue weighted by Crippen LogP contribution is 2.23. The molecule has 2 rings (SSSR count). The Bertz CT molecular complexity index is 717. The van der Waals surface area contributed by atoms with Gasteiger partial charge in [0.25, 0.3) is 0 Å². The summed E-state index contributed by atoms with van der Waals surface area (Å²) in [6, 6.07) is 4.12. The lowest BCUT2D eigenvalue weighted by molar-refractivity contribution is 0.537. The van der Waals surface area contributed by atoms with Crippen LogP contribution in [0.2, 0.25) is 0 Å². The van der Waals surface area contributed by atoms with Crippen molar-refractivity contribution >= 4 is 17.8 Å². The lowest BCUT2D eigenvalue weighted by Crippen LogP contribution is -2.10. The van der Waals surface area contributed by atoms with E-state index >= 15 is 0 Å². The molecule has 0 saturated carbocycles. The van der Waals surface area contributed by atoms with Crippen molar-refractivity contribution in [1.29, 1.82) is 0 Å². The average molecular weight is 257 g/mol. The summed E-state index contributed by atoms with van der Waals surface area (Å²) in [7, 11) is 0. The molecule has 0 fully saturated rings. The molecule has 2 aromatic rings. The van der Waals surface area contributed by atoms with Gasteiger partial charge in [0.15, 0.2) is 0 Å². The fourth-order valence-electron chi connectivity index (χ4n) is 1.78. The largest absolute Gasteiger partial charge is 0.463 e. The van der Waals surface area contributed by atoms with Crippen molar-refractivity contribution < 1.29 is 8.81 Å². The van der Waals surface area contributed by atoms with Crippen LogP contribution in [0.1, 0.15) is 11.3 Å². The molecule has 1 aromatic carbocycles. The first-order valence-electron chi connectivity index (χ1n) is 5.54. The van der Waals surface area contributed by atoms with E-state index in [-0.39, 0.29) is 27.8 Å². The molecule has 0 aliphatic heterocycles. The Morgan fingerprint density at radius 1 is 1.21 bits per heavy atom. The number of halogens is 1. The summed E-state index contributed by atoms with van der Waals surface area (Å²) in [5.41, 5.74) is 5.92. The van der Waals surface area contributed by atoms with Gasteiger partial charge < -0.3 is 10.2 Å². The normalized spacial score (nSPS) is 10.2. The summed E-state index contributed by atoms with van der Waals surface area (Å²) >= 11 is 0. The first-order chi connectivity index (χ1) is 9.08. The molecule has 4 heteroatoms. The smallest absolute Gasteiger partial charge is 0.200 e. The third kappa shape index (κ3) is 2.20. The molecule has 0 bridgehead atoms. The Kier molecular flexibility index (Phi) is 3.33. The van der Waals surface area contributed by atoms with Gasteiger partial charge in [-0.3, -0.25) is 4.79 Å². The molecule has 1 heterocycles. The maximum atomic E-state index is 13.8. The minimum atomic E-state index is -0.575. The van der Waals surface area contributed by atoms with E-state index in [2.05, 4.69) is 13.2 Å². The van der Waals surface area contributed by atoms with Crippen LogP contribution in [-0.2, 0) is 0 Å². The van der Waals surface area contributed by atoms with Crippen LogP contribution in [0.3, 0.4) is 0 Å². The van der Waals surface area contributed by atoms with Gasteiger partial charge in [-0.1, -0.05) is 19.2 Å². The molecule has 19 heavy (non-hydrogen) atoms. The third-order valence-electron chi connectivity index (χ3n) is 2.73. The van der Waals surface area contributed by atoms with Gasteiger partial charge in [0.05, 0.1) is 11.1 Å². The molecule has 1 aromatic heterocycles. The summed E-state index contributed by atoms with van der Waals surface area (Å²) < 4.78 is 19.1. The topological polar surface area (TPSA) is 56.2 Å². The molecule has 0 radical (unpaired) electrons. The second kappa shape index (κ2) is 4.94. The van der Waals surface area contributed by atoms with E-state index in [9.17, 15) is 9.18 Å². The van der Waals surface area contributed by atoms with E-state index in [0.29, 0.717) is 5.76 Å². The predicted octanol–water partition coefficient (Wildman–Crippen LogP) is 3.31. The van der Waals surface area contributed by atoms with Crippen molar-refractivity contribution in [2.24, 2.45) is 0 Å². The molecular weight excluding hydrogens is 245 g/mol. The Morgan fingerprint density at radius 3 is 2.53 bits per heavy atom. The first-order valence-corrected chi connectivity index (χ1v) is 5.54. The zero-order valence-electron chi connectivity index (χ0n) is 10.2. The maximum Gasteiger partial charge on any atom is 0.200 e. The van der Waals surface area contributed by atoms with Crippen LogP contribution in [0.5, 0.6) is 0 Å². The Balaban J connectivity index is 2.73. The minimum absolute atomic E-state index is 0.123. The number of nitrogens with two attached hydrogens (primary N) is 1. The highest BCUT2D eigenvalue weighted by atomic mass is 19.1. The molecule has 0 amide bonds. The van der Waals surface area contributed by atoms with Crippen molar-refractivity contribution in [2.45, 2.75) is 0 Å². The maximum absolute atomic E-state index is 13.8. The number of benzene rings is 1. The van der Waals surface area contributed by atoms with E-state index in [0.717, 1.165) is 6.07 Å². The molecule has 0 atom stereocenters. The Hall–Kier alpha value is -2.62. The van der Waals surface area contributed by atoms with E-state index in [1.165, 1.54) is 30.5 Å². The van der Waals surface area contributed by atoms with Gasteiger partial charge in [-0.25, -0.2) is 4.39 Å². The standard InChI is InChI=1S/C15H12FNO2/c1-3-10-14(4-2)19-8-12(15(10)18)11-6-5-9(17)7-13(11)16/h3-8H,1-2,17H2. The van der Waals surface area contributed by atoms with E-state index in [4.69, 9.17) is 10.2 Å². The molecule has 0 unspecified atom stereocenters. The summed E-state index contributed by atoms with van der Waals surface area (Å²) in [5.74, 6) is -0.270. The van der Waals surface area contributed by atoms with Gasteiger partial charge in [0, 0.05) is 11.3 Å². The lowest BCUT2D eigenvalue weighted by Gasteiger charge is -2.06. The van der Waals surface area contributed by atoms with Gasteiger partial charge in [-0.2, -0.15) is 0 Å². The second-order valence-electron chi connectivity index (χ2n) is 3.90. The minimum Gasteiger partial charge on any atom is -0.463 e. The Morgan fingerprint density at radius 2 is 1.95 bits per heavy atom. The van der Waals surface area contributed by atoms with Gasteiger partial charge in [-0.15, -0.1) is 0 Å². The number of hydrogen-bond acceptors (Lipinski definition) is 3. The number of anilines is 1. The molecule has 0 aliphatic rings. The lowest BCUT2D eigenvalue weighted by atomic mass is 10.0. The SMILES string of the molecule is C=Cc1occ(-c2ccc(N)cc2F)c(=O)c1C=C. The quantitative estimate of drug-likeness (QED) is 0.858. The molecule has 0 aliphatic carbocycles. The number of hydrogen-bond donors (Lipinski definition) is 1. The van der Waals surface area contributed by atoms with Gasteiger partial charge in [-0.05, 0) is 24.3 Å². The average Bonchev–Trinajstić information content (AvgIpc) is 2.39. The van der Waals surface area contributed by atoms with Crippen molar-refractivity contribution in [3.8, 4) is 11.1 Å². The highest BCUT2D eigenvalue weighted by Gasteiger charge is 2.14. The second-order valence-corrected chi connectivity index (χ2v) is 3.90. The molecule has 96 valence electrons. The van der Waals surface area contributed by atoms with Crippen molar-refractivity contribution in [3.05, 3.63) is 65.0 Å². The monoisotopic (exact) mass is 257 g/mol. The van der Waals surface area contributed by atoms with Crippen LogP contribution in [0.25, 0.3) is 23.3 Å². The van der Waals surface area contributed by atoms with Crippen LogP contribution in [0.15, 0.2) is 46.8 Å². The van der Waals surface area contributed by atoms with E-state index in [1.807, 2.05) is 0 Å².